The van der Waals surface area contributed by atoms with Crippen LogP contribution in [0.5, 0.6) is 0 Å². The third-order valence-corrected chi connectivity index (χ3v) is 2.91. The molecule has 0 aliphatic heterocycles. The largest absolute Gasteiger partial charge is 0.380 e. The van der Waals surface area contributed by atoms with Crippen molar-refractivity contribution in [1.29, 1.82) is 0 Å². The van der Waals surface area contributed by atoms with Crippen LogP contribution in [0.2, 0.25) is 5.02 Å². The molecular formula is C12H17ClN2OS. The highest BCUT2D eigenvalue weighted by Crippen LogP contribution is 2.22. The first kappa shape index (κ1) is 14.2. The number of benzene rings is 1. The molecule has 0 bridgehead atoms. The Balaban J connectivity index is 2.43. The molecule has 0 heterocycles. The molecule has 1 aromatic rings. The van der Waals surface area contributed by atoms with E-state index >= 15 is 0 Å². The van der Waals surface area contributed by atoms with Crippen molar-refractivity contribution in [2.45, 2.75) is 13.8 Å². The van der Waals surface area contributed by atoms with Crippen molar-refractivity contribution in [2.24, 2.45) is 0 Å². The Hall–Kier alpha value is -0.840. The lowest BCUT2D eigenvalue weighted by Crippen LogP contribution is -2.31. The van der Waals surface area contributed by atoms with Crippen LogP contribution in [0.4, 0.5) is 5.69 Å². The van der Waals surface area contributed by atoms with Crippen LogP contribution in [0.1, 0.15) is 12.5 Å². The van der Waals surface area contributed by atoms with E-state index in [0.29, 0.717) is 18.3 Å². The minimum absolute atomic E-state index is 0.579. The summed E-state index contributed by atoms with van der Waals surface area (Å²) in [5.74, 6) is 0. The van der Waals surface area contributed by atoms with E-state index < -0.39 is 0 Å². The number of hydrogen-bond donors (Lipinski definition) is 2. The molecule has 0 aliphatic rings. The fraction of sp³-hybridized carbons (Fsp3) is 0.417. The first-order valence-corrected chi connectivity index (χ1v) is 6.31. The molecule has 0 spiro atoms. The molecule has 0 aliphatic carbocycles. The Morgan fingerprint density at radius 1 is 1.47 bits per heavy atom. The molecule has 94 valence electrons. The van der Waals surface area contributed by atoms with Crippen molar-refractivity contribution in [2.75, 3.05) is 25.1 Å². The number of ether oxygens (including phenoxy) is 1. The van der Waals surface area contributed by atoms with Gasteiger partial charge in [-0.25, -0.2) is 0 Å². The molecule has 0 aromatic heterocycles. The summed E-state index contributed by atoms with van der Waals surface area (Å²) >= 11 is 11.2. The van der Waals surface area contributed by atoms with Gasteiger partial charge in [0.2, 0.25) is 0 Å². The Morgan fingerprint density at radius 2 is 2.24 bits per heavy atom. The maximum atomic E-state index is 6.02. The van der Waals surface area contributed by atoms with Crippen LogP contribution in [0.25, 0.3) is 0 Å². The minimum atomic E-state index is 0.579. The van der Waals surface area contributed by atoms with Crippen LogP contribution in [-0.4, -0.2) is 24.9 Å². The SMILES string of the molecule is CCOCCNC(=S)Nc1cccc(Cl)c1C. The van der Waals surface area contributed by atoms with Crippen LogP contribution >= 0.6 is 23.8 Å². The van der Waals surface area contributed by atoms with Gasteiger partial charge >= 0.3 is 0 Å². The standard InChI is InChI=1S/C12H17ClN2OS/c1-3-16-8-7-14-12(17)15-11-6-4-5-10(13)9(11)2/h4-6H,3,7-8H2,1-2H3,(H2,14,15,17). The Kier molecular flexibility index (Phi) is 6.26. The highest BCUT2D eigenvalue weighted by molar-refractivity contribution is 7.80. The van der Waals surface area contributed by atoms with Crippen LogP contribution in [0.15, 0.2) is 18.2 Å². The van der Waals surface area contributed by atoms with Gasteiger partial charge in [0.1, 0.15) is 0 Å². The molecule has 0 fully saturated rings. The highest BCUT2D eigenvalue weighted by atomic mass is 35.5. The Labute approximate surface area is 112 Å². The van der Waals surface area contributed by atoms with E-state index in [-0.39, 0.29) is 0 Å². The molecular weight excluding hydrogens is 256 g/mol. The molecule has 5 heteroatoms. The Bertz CT molecular complexity index is 385. The first-order valence-electron chi connectivity index (χ1n) is 5.53. The molecule has 2 N–H and O–H groups in total. The first-order chi connectivity index (χ1) is 8.15. The summed E-state index contributed by atoms with van der Waals surface area (Å²) in [6, 6.07) is 5.69. The number of anilines is 1. The van der Waals surface area contributed by atoms with E-state index in [9.17, 15) is 0 Å². The third-order valence-electron chi connectivity index (χ3n) is 2.25. The monoisotopic (exact) mass is 272 g/mol. The predicted octanol–water partition coefficient (Wildman–Crippen LogP) is 2.97. The second-order valence-corrected chi connectivity index (χ2v) is 4.31. The van der Waals surface area contributed by atoms with Gasteiger partial charge in [-0.05, 0) is 43.8 Å². The van der Waals surface area contributed by atoms with Gasteiger partial charge in [0.15, 0.2) is 5.11 Å². The molecule has 0 amide bonds. The van der Waals surface area contributed by atoms with Gasteiger partial charge in [0.25, 0.3) is 0 Å². The van der Waals surface area contributed by atoms with E-state index in [2.05, 4.69) is 10.6 Å². The maximum absolute atomic E-state index is 6.02. The van der Waals surface area contributed by atoms with Gasteiger partial charge in [0, 0.05) is 23.9 Å². The van der Waals surface area contributed by atoms with E-state index in [1.54, 1.807) is 0 Å². The minimum Gasteiger partial charge on any atom is -0.380 e. The number of nitrogens with one attached hydrogen (secondary N) is 2. The molecule has 0 saturated carbocycles. The molecule has 0 radical (unpaired) electrons. The van der Waals surface area contributed by atoms with Gasteiger partial charge in [0.05, 0.1) is 6.61 Å². The number of hydrogen-bond acceptors (Lipinski definition) is 2. The molecule has 1 rings (SSSR count). The summed E-state index contributed by atoms with van der Waals surface area (Å²) in [4.78, 5) is 0. The summed E-state index contributed by atoms with van der Waals surface area (Å²) in [5, 5.41) is 7.48. The highest BCUT2D eigenvalue weighted by Gasteiger charge is 2.03. The van der Waals surface area contributed by atoms with E-state index in [1.165, 1.54) is 0 Å². The van der Waals surface area contributed by atoms with Crippen LogP contribution in [0.3, 0.4) is 0 Å². The number of rotatable bonds is 5. The van der Waals surface area contributed by atoms with Crippen LogP contribution < -0.4 is 10.6 Å². The van der Waals surface area contributed by atoms with Crippen LogP contribution in [-0.2, 0) is 4.74 Å². The fourth-order valence-corrected chi connectivity index (χ4v) is 1.68. The van der Waals surface area contributed by atoms with E-state index in [4.69, 9.17) is 28.6 Å². The van der Waals surface area contributed by atoms with Gasteiger partial charge in [-0.3, -0.25) is 0 Å². The average Bonchev–Trinajstić information content (AvgIpc) is 2.31. The zero-order valence-electron chi connectivity index (χ0n) is 10.0. The average molecular weight is 273 g/mol. The fourth-order valence-electron chi connectivity index (χ4n) is 1.29. The lowest BCUT2D eigenvalue weighted by atomic mass is 10.2. The van der Waals surface area contributed by atoms with Gasteiger partial charge in [-0.15, -0.1) is 0 Å². The smallest absolute Gasteiger partial charge is 0.170 e. The molecule has 17 heavy (non-hydrogen) atoms. The quantitative estimate of drug-likeness (QED) is 0.638. The molecule has 1 aromatic carbocycles. The second-order valence-electron chi connectivity index (χ2n) is 3.49. The Morgan fingerprint density at radius 3 is 2.94 bits per heavy atom. The number of thiocarbonyl (C=S) groups is 1. The van der Waals surface area contributed by atoms with Crippen molar-refractivity contribution in [3.8, 4) is 0 Å². The lowest BCUT2D eigenvalue weighted by Gasteiger charge is -2.13. The van der Waals surface area contributed by atoms with Crippen molar-refractivity contribution in [3.05, 3.63) is 28.8 Å². The van der Waals surface area contributed by atoms with E-state index in [1.807, 2.05) is 32.0 Å². The third kappa shape index (κ3) is 4.89. The van der Waals surface area contributed by atoms with Gasteiger partial charge in [-0.2, -0.15) is 0 Å². The maximum Gasteiger partial charge on any atom is 0.170 e. The molecule has 3 nitrogen and oxygen atoms in total. The number of halogens is 1. The summed E-state index contributed by atoms with van der Waals surface area (Å²) in [6.07, 6.45) is 0. The zero-order chi connectivity index (χ0) is 12.7. The molecule has 0 saturated heterocycles. The zero-order valence-corrected chi connectivity index (χ0v) is 11.6. The second kappa shape index (κ2) is 7.48. The molecule has 0 unspecified atom stereocenters. The lowest BCUT2D eigenvalue weighted by molar-refractivity contribution is 0.152. The van der Waals surface area contributed by atoms with Crippen molar-refractivity contribution in [3.63, 3.8) is 0 Å². The van der Waals surface area contributed by atoms with Crippen molar-refractivity contribution in [1.82, 2.24) is 5.32 Å². The van der Waals surface area contributed by atoms with Gasteiger partial charge < -0.3 is 15.4 Å². The van der Waals surface area contributed by atoms with Crippen molar-refractivity contribution < 1.29 is 4.74 Å². The van der Waals surface area contributed by atoms with Crippen LogP contribution in [0, 0.1) is 6.92 Å². The topological polar surface area (TPSA) is 33.3 Å². The molecule has 0 atom stereocenters. The normalized spacial score (nSPS) is 10.1. The van der Waals surface area contributed by atoms with E-state index in [0.717, 1.165) is 22.9 Å². The summed E-state index contributed by atoms with van der Waals surface area (Å²) in [5.41, 5.74) is 1.91. The summed E-state index contributed by atoms with van der Waals surface area (Å²) in [6.45, 7) is 5.97. The predicted molar refractivity (Wildman–Crippen MR) is 76.9 cm³/mol. The van der Waals surface area contributed by atoms with Gasteiger partial charge in [-0.1, -0.05) is 17.7 Å². The summed E-state index contributed by atoms with van der Waals surface area (Å²) in [7, 11) is 0. The summed E-state index contributed by atoms with van der Waals surface area (Å²) < 4.78 is 5.21. The van der Waals surface area contributed by atoms with Crippen molar-refractivity contribution >= 4 is 34.6 Å².